The topological polar surface area (TPSA) is 98.5 Å². The highest BCUT2D eigenvalue weighted by atomic mass is 19.4. The number of aromatic nitrogens is 3. The van der Waals surface area contributed by atoms with Crippen molar-refractivity contribution in [1.82, 2.24) is 20.1 Å². The molecule has 5 rings (SSSR count). The Morgan fingerprint density at radius 3 is 2.88 bits per heavy atom. The molecule has 3 aromatic rings. The summed E-state index contributed by atoms with van der Waals surface area (Å²) in [5.74, 6) is -0.199. The van der Waals surface area contributed by atoms with Crippen LogP contribution in [0.25, 0.3) is 0 Å². The summed E-state index contributed by atoms with van der Waals surface area (Å²) in [4.78, 5) is 17.4. The molecule has 0 spiro atoms. The standard InChI is InChI=1S/C23H21F3N4O4/c24-23(25,26)14-4-5-18-13(9-14)10-15(11-34-18)28-22(32)20-19(17-12-33-8-7-30(17)29-20)21(31)16-3-1-2-6-27-16/h1-6,9,15,21,31H,7-8,10-12H2,(H,28,32)/t15-,21?/m1/s1. The predicted molar refractivity (Wildman–Crippen MR) is 112 cm³/mol. The highest BCUT2D eigenvalue weighted by Gasteiger charge is 2.34. The minimum absolute atomic E-state index is 0.0218. The predicted octanol–water partition coefficient (Wildman–Crippen LogP) is 2.64. The zero-order valence-corrected chi connectivity index (χ0v) is 17.9. The fourth-order valence-electron chi connectivity index (χ4n) is 4.23. The van der Waals surface area contributed by atoms with Gasteiger partial charge in [0.1, 0.15) is 18.5 Å². The number of nitrogens with zero attached hydrogens (tertiary/aromatic N) is 3. The number of nitrogens with one attached hydrogen (secondary N) is 1. The zero-order chi connectivity index (χ0) is 23.9. The number of fused-ring (bicyclic) bond motifs is 2. The molecule has 0 bridgehead atoms. The van der Waals surface area contributed by atoms with E-state index in [1.54, 1.807) is 22.9 Å². The lowest BCUT2D eigenvalue weighted by atomic mass is 9.99. The minimum Gasteiger partial charge on any atom is -0.491 e. The van der Waals surface area contributed by atoms with Gasteiger partial charge in [-0.05, 0) is 42.3 Å². The van der Waals surface area contributed by atoms with Crippen molar-refractivity contribution < 1.29 is 32.5 Å². The molecule has 34 heavy (non-hydrogen) atoms. The van der Waals surface area contributed by atoms with E-state index >= 15 is 0 Å². The summed E-state index contributed by atoms with van der Waals surface area (Å²) in [5.41, 5.74) is 0.838. The number of hydrogen-bond donors (Lipinski definition) is 2. The van der Waals surface area contributed by atoms with E-state index in [0.29, 0.717) is 41.4 Å². The van der Waals surface area contributed by atoms with Crippen LogP contribution >= 0.6 is 0 Å². The molecule has 178 valence electrons. The van der Waals surface area contributed by atoms with Gasteiger partial charge in [0.05, 0.1) is 42.8 Å². The van der Waals surface area contributed by atoms with Crippen molar-refractivity contribution in [3.05, 3.63) is 76.4 Å². The summed E-state index contributed by atoms with van der Waals surface area (Å²) in [6.07, 6.45) is -3.97. The number of carbonyl (C=O) groups excluding carboxylic acids is 1. The summed E-state index contributed by atoms with van der Waals surface area (Å²) in [7, 11) is 0. The van der Waals surface area contributed by atoms with E-state index < -0.39 is 29.8 Å². The number of rotatable bonds is 4. The maximum Gasteiger partial charge on any atom is 0.416 e. The number of halogens is 3. The molecule has 2 aliphatic rings. The molecule has 0 radical (unpaired) electrons. The Morgan fingerprint density at radius 1 is 1.26 bits per heavy atom. The van der Waals surface area contributed by atoms with Crippen LogP contribution in [0.5, 0.6) is 5.75 Å². The van der Waals surface area contributed by atoms with Crippen LogP contribution in [-0.4, -0.2) is 45.0 Å². The average molecular weight is 474 g/mol. The molecule has 0 saturated heterocycles. The van der Waals surface area contributed by atoms with Crippen molar-refractivity contribution in [3.63, 3.8) is 0 Å². The second kappa shape index (κ2) is 8.73. The largest absolute Gasteiger partial charge is 0.491 e. The molecule has 4 heterocycles. The van der Waals surface area contributed by atoms with Gasteiger partial charge in [0, 0.05) is 11.8 Å². The molecule has 1 aromatic carbocycles. The summed E-state index contributed by atoms with van der Waals surface area (Å²) in [6.45, 7) is 1.12. The van der Waals surface area contributed by atoms with Crippen molar-refractivity contribution in [3.8, 4) is 5.75 Å². The number of benzene rings is 1. The van der Waals surface area contributed by atoms with Gasteiger partial charge in [-0.2, -0.15) is 18.3 Å². The monoisotopic (exact) mass is 474 g/mol. The molecule has 0 aliphatic carbocycles. The Hall–Kier alpha value is -3.44. The average Bonchev–Trinajstić information content (AvgIpc) is 3.23. The Labute approximate surface area is 192 Å². The van der Waals surface area contributed by atoms with Gasteiger partial charge < -0.3 is 19.9 Å². The summed E-state index contributed by atoms with van der Waals surface area (Å²) in [6, 6.07) is 7.82. The van der Waals surface area contributed by atoms with Crippen LogP contribution in [0.2, 0.25) is 0 Å². The summed E-state index contributed by atoms with van der Waals surface area (Å²) < 4.78 is 52.0. The quantitative estimate of drug-likeness (QED) is 0.604. The summed E-state index contributed by atoms with van der Waals surface area (Å²) >= 11 is 0. The number of carbonyl (C=O) groups is 1. The van der Waals surface area contributed by atoms with Gasteiger partial charge in [-0.1, -0.05) is 6.07 Å². The molecule has 0 fully saturated rings. The lowest BCUT2D eigenvalue weighted by Gasteiger charge is -2.26. The third kappa shape index (κ3) is 4.24. The van der Waals surface area contributed by atoms with Gasteiger partial charge in [0.15, 0.2) is 5.69 Å². The minimum atomic E-state index is -4.47. The second-order valence-electron chi connectivity index (χ2n) is 8.15. The van der Waals surface area contributed by atoms with Gasteiger partial charge >= 0.3 is 6.18 Å². The van der Waals surface area contributed by atoms with E-state index in [2.05, 4.69) is 15.4 Å². The van der Waals surface area contributed by atoms with E-state index in [9.17, 15) is 23.1 Å². The van der Waals surface area contributed by atoms with Crippen LogP contribution in [0.15, 0.2) is 42.6 Å². The molecule has 8 nitrogen and oxygen atoms in total. The van der Waals surface area contributed by atoms with Gasteiger partial charge in [-0.25, -0.2) is 0 Å². The molecular weight excluding hydrogens is 453 g/mol. The smallest absolute Gasteiger partial charge is 0.416 e. The first-order valence-electron chi connectivity index (χ1n) is 10.7. The Morgan fingerprint density at radius 2 is 2.12 bits per heavy atom. The third-order valence-corrected chi connectivity index (χ3v) is 5.87. The van der Waals surface area contributed by atoms with Crippen LogP contribution in [0.4, 0.5) is 13.2 Å². The molecule has 11 heteroatoms. The van der Waals surface area contributed by atoms with Crippen molar-refractivity contribution in [2.45, 2.75) is 37.9 Å². The van der Waals surface area contributed by atoms with E-state index in [0.717, 1.165) is 12.1 Å². The van der Waals surface area contributed by atoms with Crippen LogP contribution in [0, 0.1) is 0 Å². The van der Waals surface area contributed by atoms with E-state index in [1.165, 1.54) is 12.3 Å². The van der Waals surface area contributed by atoms with Gasteiger partial charge in [0.25, 0.3) is 5.91 Å². The molecule has 0 saturated carbocycles. The first kappa shape index (κ1) is 22.4. The molecule has 2 aliphatic heterocycles. The van der Waals surface area contributed by atoms with Crippen LogP contribution < -0.4 is 10.1 Å². The van der Waals surface area contributed by atoms with E-state index in [1.807, 2.05) is 0 Å². The van der Waals surface area contributed by atoms with Crippen molar-refractivity contribution >= 4 is 5.91 Å². The Bertz CT molecular complexity index is 1210. The molecular formula is C23H21F3N4O4. The molecule has 2 aromatic heterocycles. The fraction of sp³-hybridized carbons (Fsp3) is 0.348. The Balaban J connectivity index is 1.41. The highest BCUT2D eigenvalue weighted by Crippen LogP contribution is 2.35. The SMILES string of the molecule is O=C(N[C@H]1COc2ccc(C(F)(F)F)cc2C1)c1nn2c(c1C(O)c1ccccn1)COCC2. The number of amides is 1. The molecule has 1 amide bonds. The number of aliphatic hydroxyl groups is 1. The fourth-order valence-corrected chi connectivity index (χ4v) is 4.23. The summed E-state index contributed by atoms with van der Waals surface area (Å²) in [5, 5.41) is 18.2. The third-order valence-electron chi connectivity index (χ3n) is 5.87. The van der Waals surface area contributed by atoms with Gasteiger partial charge in [0.2, 0.25) is 0 Å². The first-order valence-corrected chi connectivity index (χ1v) is 10.7. The highest BCUT2D eigenvalue weighted by molar-refractivity contribution is 5.94. The number of pyridine rings is 1. The number of ether oxygens (including phenoxy) is 2. The van der Waals surface area contributed by atoms with Gasteiger partial charge in [-0.3, -0.25) is 14.5 Å². The second-order valence-corrected chi connectivity index (χ2v) is 8.15. The lowest BCUT2D eigenvalue weighted by molar-refractivity contribution is -0.137. The zero-order valence-electron chi connectivity index (χ0n) is 17.9. The lowest BCUT2D eigenvalue weighted by Crippen LogP contribution is -2.43. The molecule has 2 atom stereocenters. The van der Waals surface area contributed by atoms with E-state index in [4.69, 9.17) is 9.47 Å². The van der Waals surface area contributed by atoms with Gasteiger partial charge in [-0.15, -0.1) is 0 Å². The maximum atomic E-state index is 13.2. The number of hydrogen-bond acceptors (Lipinski definition) is 6. The number of alkyl halides is 3. The van der Waals surface area contributed by atoms with Crippen molar-refractivity contribution in [1.29, 1.82) is 0 Å². The van der Waals surface area contributed by atoms with Crippen LogP contribution in [0.3, 0.4) is 0 Å². The van der Waals surface area contributed by atoms with Crippen LogP contribution in [0.1, 0.15) is 44.7 Å². The first-order chi connectivity index (χ1) is 16.3. The van der Waals surface area contributed by atoms with Crippen LogP contribution in [-0.2, 0) is 30.5 Å². The van der Waals surface area contributed by atoms with Crippen molar-refractivity contribution in [2.24, 2.45) is 0 Å². The van der Waals surface area contributed by atoms with E-state index in [-0.39, 0.29) is 25.3 Å². The normalized spacial score (nSPS) is 18.4. The molecule has 1 unspecified atom stereocenters. The maximum absolute atomic E-state index is 13.2. The molecule has 2 N–H and O–H groups in total. The Kier molecular flexibility index (Phi) is 5.74. The van der Waals surface area contributed by atoms with Crippen molar-refractivity contribution in [2.75, 3.05) is 13.2 Å². The number of aliphatic hydroxyl groups excluding tert-OH is 1.